The van der Waals surface area contributed by atoms with Crippen LogP contribution in [0, 0.1) is 0 Å². The fraction of sp³-hybridized carbons (Fsp3) is 0.375. The molecule has 23 heavy (non-hydrogen) atoms. The molecule has 0 fully saturated rings. The summed E-state index contributed by atoms with van der Waals surface area (Å²) in [4.78, 5) is 2.10. The lowest BCUT2D eigenvalue weighted by Gasteiger charge is -2.28. The van der Waals surface area contributed by atoms with Crippen molar-refractivity contribution >= 4 is 15.8 Å². The van der Waals surface area contributed by atoms with E-state index in [1.54, 1.807) is 30.5 Å². The normalized spacial score (nSPS) is 20.7. The van der Waals surface area contributed by atoms with Gasteiger partial charge in [-0.05, 0) is 25.1 Å². The summed E-state index contributed by atoms with van der Waals surface area (Å²) >= 11 is 0. The lowest BCUT2D eigenvalue weighted by Crippen LogP contribution is -2.44. The number of benzene rings is 1. The molecular formula is C16H24N3O3S+. The number of rotatable bonds is 9. The van der Waals surface area contributed by atoms with E-state index < -0.39 is 10.1 Å². The Labute approximate surface area is 138 Å². The Kier molecular flexibility index (Phi) is 5.81. The summed E-state index contributed by atoms with van der Waals surface area (Å²) in [6.45, 7) is 7.37. The Balaban J connectivity index is 1.95. The van der Waals surface area contributed by atoms with Crippen LogP contribution in [0.5, 0.6) is 0 Å². The number of unbranched alkanes of at least 4 members (excludes halogenated alkanes) is 1. The van der Waals surface area contributed by atoms with Crippen LogP contribution in [0.4, 0.5) is 5.69 Å². The fourth-order valence-electron chi connectivity index (χ4n) is 2.36. The number of hydrogen-bond acceptors (Lipinski definition) is 5. The molecule has 1 heterocycles. The summed E-state index contributed by atoms with van der Waals surface area (Å²) < 4.78 is 29.5. The number of para-hydroxylation sites is 1. The molecule has 1 aliphatic heterocycles. The maximum Gasteiger partial charge on any atom is 0.340 e. The Morgan fingerprint density at radius 1 is 1.39 bits per heavy atom. The van der Waals surface area contributed by atoms with Crippen LogP contribution in [0.1, 0.15) is 19.8 Å². The number of anilines is 1. The standard InChI is InChI=1S/C16H24N3O3S/c1-3-5-11-18-12-13-19(4-2,14-18)15-23(20,21)22-17-16-9-7-6-8-10-16/h4,6-10,12-13,17H,2-3,5,11,14-15H2,1H3/q+1. The molecule has 0 bridgehead atoms. The van der Waals surface area contributed by atoms with Gasteiger partial charge in [-0.1, -0.05) is 31.5 Å². The van der Waals surface area contributed by atoms with Crippen LogP contribution >= 0.6 is 0 Å². The molecule has 0 amide bonds. The summed E-state index contributed by atoms with van der Waals surface area (Å²) in [5.41, 5.74) is 3.06. The second-order valence-electron chi connectivity index (χ2n) is 5.63. The monoisotopic (exact) mass is 338 g/mol. The van der Waals surface area contributed by atoms with Gasteiger partial charge in [0, 0.05) is 6.54 Å². The van der Waals surface area contributed by atoms with Crippen molar-refractivity contribution in [3.8, 4) is 0 Å². The molecule has 0 spiro atoms. The molecule has 1 aromatic rings. The van der Waals surface area contributed by atoms with E-state index in [9.17, 15) is 8.42 Å². The third-order valence-corrected chi connectivity index (χ3v) is 4.77. The van der Waals surface area contributed by atoms with Crippen LogP contribution < -0.4 is 5.48 Å². The zero-order valence-electron chi connectivity index (χ0n) is 13.4. The van der Waals surface area contributed by atoms with Gasteiger partial charge in [0.2, 0.25) is 5.88 Å². The van der Waals surface area contributed by atoms with Gasteiger partial charge in [0.05, 0.1) is 18.1 Å². The molecule has 0 saturated carbocycles. The van der Waals surface area contributed by atoms with Crippen LogP contribution in [0.15, 0.2) is 55.5 Å². The highest BCUT2D eigenvalue weighted by molar-refractivity contribution is 7.86. The van der Waals surface area contributed by atoms with Gasteiger partial charge in [-0.25, -0.2) is 9.96 Å². The minimum Gasteiger partial charge on any atom is -0.326 e. The van der Waals surface area contributed by atoms with Crippen molar-refractivity contribution in [1.82, 2.24) is 4.90 Å². The van der Waals surface area contributed by atoms with E-state index in [0.29, 0.717) is 12.4 Å². The van der Waals surface area contributed by atoms with Crippen molar-refractivity contribution in [2.45, 2.75) is 19.8 Å². The Hall–Kier alpha value is -1.83. The molecule has 7 heteroatoms. The lowest BCUT2D eigenvalue weighted by molar-refractivity contribution is -0.817. The van der Waals surface area contributed by atoms with Crippen LogP contribution in [0.3, 0.4) is 0 Å². The Bertz CT molecular complexity index is 646. The quantitative estimate of drug-likeness (QED) is 0.554. The van der Waals surface area contributed by atoms with Gasteiger partial charge in [0.15, 0.2) is 6.67 Å². The zero-order chi connectivity index (χ0) is 16.8. The van der Waals surface area contributed by atoms with Gasteiger partial charge in [-0.3, -0.25) is 0 Å². The first kappa shape index (κ1) is 17.5. The molecule has 0 radical (unpaired) electrons. The molecule has 1 unspecified atom stereocenters. The maximum absolute atomic E-state index is 12.2. The maximum atomic E-state index is 12.2. The Morgan fingerprint density at radius 2 is 2.13 bits per heavy atom. The molecule has 1 N–H and O–H groups in total. The minimum absolute atomic E-state index is 0.127. The van der Waals surface area contributed by atoms with Gasteiger partial charge in [0.25, 0.3) is 0 Å². The average Bonchev–Trinajstić information content (AvgIpc) is 2.95. The number of nitrogens with one attached hydrogen (secondary N) is 1. The van der Waals surface area contributed by atoms with E-state index in [-0.39, 0.29) is 10.4 Å². The number of quaternary nitrogens is 1. The molecule has 1 atom stereocenters. The minimum atomic E-state index is -3.77. The van der Waals surface area contributed by atoms with Gasteiger partial charge in [0.1, 0.15) is 6.20 Å². The number of nitrogens with zero attached hydrogens (tertiary/aromatic N) is 2. The molecule has 1 aromatic carbocycles. The second kappa shape index (κ2) is 7.63. The van der Waals surface area contributed by atoms with Crippen LogP contribution in [-0.4, -0.2) is 36.9 Å². The van der Waals surface area contributed by atoms with Crippen molar-refractivity contribution < 1.29 is 17.2 Å². The van der Waals surface area contributed by atoms with Crippen molar-refractivity contribution in [3.63, 3.8) is 0 Å². The summed E-state index contributed by atoms with van der Waals surface area (Å²) in [5, 5.41) is 0. The summed E-state index contributed by atoms with van der Waals surface area (Å²) in [6, 6.07) is 8.90. The van der Waals surface area contributed by atoms with E-state index in [1.165, 1.54) is 0 Å². The Morgan fingerprint density at radius 3 is 2.78 bits per heavy atom. The van der Waals surface area contributed by atoms with Crippen LogP contribution in [0.2, 0.25) is 0 Å². The summed E-state index contributed by atoms with van der Waals surface area (Å²) in [6.07, 6.45) is 7.57. The summed E-state index contributed by atoms with van der Waals surface area (Å²) in [7, 11) is -3.77. The lowest BCUT2D eigenvalue weighted by atomic mass is 10.3. The predicted molar refractivity (Wildman–Crippen MR) is 91.0 cm³/mol. The van der Waals surface area contributed by atoms with Crippen molar-refractivity contribution in [3.05, 3.63) is 55.5 Å². The first-order chi connectivity index (χ1) is 11.0. The first-order valence-electron chi connectivity index (χ1n) is 7.64. The first-order valence-corrected chi connectivity index (χ1v) is 9.22. The number of hydrogen-bond donors (Lipinski definition) is 1. The average molecular weight is 338 g/mol. The van der Waals surface area contributed by atoms with Crippen molar-refractivity contribution in [1.29, 1.82) is 0 Å². The molecule has 6 nitrogen and oxygen atoms in total. The summed E-state index contributed by atoms with van der Waals surface area (Å²) in [5.74, 6) is -0.199. The van der Waals surface area contributed by atoms with Gasteiger partial charge in [-0.15, -0.1) is 4.28 Å². The fourth-order valence-corrected chi connectivity index (χ4v) is 3.50. The highest BCUT2D eigenvalue weighted by Crippen LogP contribution is 2.21. The van der Waals surface area contributed by atoms with Gasteiger partial charge in [-0.2, -0.15) is 8.42 Å². The molecule has 1 aliphatic rings. The molecule has 0 aromatic heterocycles. The van der Waals surface area contributed by atoms with E-state index in [4.69, 9.17) is 4.28 Å². The van der Waals surface area contributed by atoms with Crippen LogP contribution in [0.25, 0.3) is 0 Å². The third-order valence-electron chi connectivity index (χ3n) is 3.64. The van der Waals surface area contributed by atoms with E-state index in [2.05, 4.69) is 23.9 Å². The third kappa shape index (κ3) is 5.09. The largest absolute Gasteiger partial charge is 0.340 e. The molecule has 0 saturated heterocycles. The molecule has 0 aliphatic carbocycles. The zero-order valence-corrected chi connectivity index (χ0v) is 14.2. The molecular weight excluding hydrogens is 314 g/mol. The topological polar surface area (TPSA) is 58.6 Å². The SMILES string of the molecule is C=C[N+]1(CS(=O)(=O)ONc2ccccc2)C=CN(CCCC)C1. The van der Waals surface area contributed by atoms with E-state index in [1.807, 2.05) is 18.5 Å². The van der Waals surface area contributed by atoms with Gasteiger partial charge >= 0.3 is 10.1 Å². The van der Waals surface area contributed by atoms with E-state index in [0.717, 1.165) is 19.4 Å². The second-order valence-corrected chi connectivity index (χ2v) is 7.17. The molecule has 126 valence electrons. The van der Waals surface area contributed by atoms with Gasteiger partial charge < -0.3 is 4.90 Å². The smallest absolute Gasteiger partial charge is 0.326 e. The van der Waals surface area contributed by atoms with Crippen LogP contribution in [-0.2, 0) is 14.4 Å². The highest BCUT2D eigenvalue weighted by Gasteiger charge is 2.35. The van der Waals surface area contributed by atoms with Crippen molar-refractivity contribution in [2.24, 2.45) is 0 Å². The van der Waals surface area contributed by atoms with Crippen molar-refractivity contribution in [2.75, 3.05) is 24.6 Å². The highest BCUT2D eigenvalue weighted by atomic mass is 32.2. The molecule has 2 rings (SSSR count). The van der Waals surface area contributed by atoms with E-state index >= 15 is 0 Å². The predicted octanol–water partition coefficient (Wildman–Crippen LogP) is 2.82.